The lowest BCUT2D eigenvalue weighted by Crippen LogP contribution is -2.36. The topological polar surface area (TPSA) is 60.2 Å². The molecule has 0 aliphatic rings. The van der Waals surface area contributed by atoms with Gasteiger partial charge in [-0.1, -0.05) is 19.6 Å². The van der Waals surface area contributed by atoms with Crippen LogP contribution in [0.2, 0.25) is 19.6 Å². The first-order valence-electron chi connectivity index (χ1n) is 5.25. The van der Waals surface area contributed by atoms with E-state index in [1.54, 1.807) is 0 Å². The SMILES string of the molecule is Cc1ccc2oc([Si](C)(C)C)cc2n1.O=C=O. The summed E-state index contributed by atoms with van der Waals surface area (Å²) in [6.07, 6.45) is 0.250. The van der Waals surface area contributed by atoms with Crippen molar-refractivity contribution >= 4 is 30.7 Å². The molecule has 5 heteroatoms. The minimum atomic E-state index is -1.34. The van der Waals surface area contributed by atoms with Gasteiger partial charge in [-0.05, 0) is 19.1 Å². The third-order valence-electron chi connectivity index (χ3n) is 2.25. The van der Waals surface area contributed by atoms with Gasteiger partial charge in [0.05, 0.1) is 5.38 Å². The van der Waals surface area contributed by atoms with Crippen molar-refractivity contribution in [3.8, 4) is 0 Å². The number of pyridine rings is 1. The first-order chi connectivity index (χ1) is 7.88. The number of rotatable bonds is 1. The average molecular weight is 249 g/mol. The van der Waals surface area contributed by atoms with Crippen molar-refractivity contribution in [2.45, 2.75) is 26.6 Å². The smallest absolute Gasteiger partial charge is 0.373 e. The maximum Gasteiger partial charge on any atom is 0.373 e. The van der Waals surface area contributed by atoms with E-state index in [0.29, 0.717) is 0 Å². The first kappa shape index (κ1) is 13.4. The highest BCUT2D eigenvalue weighted by Crippen LogP contribution is 2.15. The summed E-state index contributed by atoms with van der Waals surface area (Å²) in [6.45, 7) is 8.83. The first-order valence-corrected chi connectivity index (χ1v) is 8.75. The fourth-order valence-electron chi connectivity index (χ4n) is 1.40. The summed E-state index contributed by atoms with van der Waals surface area (Å²) in [5, 5.41) is 1.13. The largest absolute Gasteiger partial charge is 0.465 e. The molecule has 0 saturated carbocycles. The van der Waals surface area contributed by atoms with Crippen LogP contribution in [0.4, 0.5) is 0 Å². The van der Waals surface area contributed by atoms with Crippen molar-refractivity contribution in [1.82, 2.24) is 4.98 Å². The van der Waals surface area contributed by atoms with Gasteiger partial charge in [-0.15, -0.1) is 0 Å². The van der Waals surface area contributed by atoms with E-state index >= 15 is 0 Å². The Morgan fingerprint density at radius 3 is 2.35 bits per heavy atom. The number of aromatic nitrogens is 1. The van der Waals surface area contributed by atoms with Gasteiger partial charge in [0.25, 0.3) is 0 Å². The Bertz CT molecular complexity index is 548. The van der Waals surface area contributed by atoms with Crippen LogP contribution in [0.25, 0.3) is 11.1 Å². The highest BCUT2D eigenvalue weighted by Gasteiger charge is 2.21. The standard InChI is InChI=1S/C11H15NOSi.CO2/c1-8-5-6-10-9(12-8)7-11(13-10)14(2,3)4;2-1-3/h5-7H,1-4H3;. The summed E-state index contributed by atoms with van der Waals surface area (Å²) in [6, 6.07) is 6.08. The van der Waals surface area contributed by atoms with E-state index < -0.39 is 8.07 Å². The molecule has 0 amide bonds. The van der Waals surface area contributed by atoms with E-state index in [1.165, 1.54) is 0 Å². The Hall–Kier alpha value is -1.71. The normalized spacial score (nSPS) is 10.6. The lowest BCUT2D eigenvalue weighted by Gasteiger charge is -2.10. The van der Waals surface area contributed by atoms with E-state index in [0.717, 1.165) is 22.2 Å². The molecule has 4 nitrogen and oxygen atoms in total. The molecular weight excluding hydrogens is 234 g/mol. The molecule has 0 aliphatic carbocycles. The van der Waals surface area contributed by atoms with Crippen molar-refractivity contribution in [1.29, 1.82) is 0 Å². The summed E-state index contributed by atoms with van der Waals surface area (Å²) >= 11 is 0. The third-order valence-corrected chi connectivity index (χ3v) is 3.98. The van der Waals surface area contributed by atoms with Gasteiger partial charge in [-0.3, -0.25) is 0 Å². The molecule has 90 valence electrons. The monoisotopic (exact) mass is 249 g/mol. The molecule has 0 aromatic carbocycles. The van der Waals surface area contributed by atoms with E-state index in [9.17, 15) is 0 Å². The molecule has 2 aromatic heterocycles. The third kappa shape index (κ3) is 3.37. The number of fused-ring (bicyclic) bond motifs is 1. The summed E-state index contributed by atoms with van der Waals surface area (Å²) in [5.74, 6) is 0. The summed E-state index contributed by atoms with van der Waals surface area (Å²) in [4.78, 5) is 20.7. The number of furan rings is 1. The van der Waals surface area contributed by atoms with Crippen LogP contribution in [-0.4, -0.2) is 19.2 Å². The molecule has 0 unspecified atom stereocenters. The maximum absolute atomic E-state index is 8.12. The van der Waals surface area contributed by atoms with Gasteiger partial charge in [-0.2, -0.15) is 9.59 Å². The van der Waals surface area contributed by atoms with Gasteiger partial charge >= 0.3 is 6.15 Å². The number of aryl methyl sites for hydroxylation is 1. The molecule has 0 saturated heterocycles. The van der Waals surface area contributed by atoms with Crippen molar-refractivity contribution in [2.75, 3.05) is 0 Å². The van der Waals surface area contributed by atoms with Gasteiger partial charge in [0, 0.05) is 11.8 Å². The van der Waals surface area contributed by atoms with Crippen LogP contribution in [0.15, 0.2) is 22.6 Å². The molecule has 2 aromatic rings. The molecule has 17 heavy (non-hydrogen) atoms. The number of carbonyl (C=O) groups excluding carboxylic acids is 2. The Labute approximate surface area is 101 Å². The van der Waals surface area contributed by atoms with Gasteiger partial charge in [0.15, 0.2) is 5.58 Å². The lowest BCUT2D eigenvalue weighted by atomic mass is 10.3. The molecule has 2 rings (SSSR count). The van der Waals surface area contributed by atoms with Crippen molar-refractivity contribution < 1.29 is 14.0 Å². The maximum atomic E-state index is 8.12. The Kier molecular flexibility index (Phi) is 3.99. The molecule has 0 atom stereocenters. The van der Waals surface area contributed by atoms with Gasteiger partial charge in [0.1, 0.15) is 13.6 Å². The molecule has 0 spiro atoms. The lowest BCUT2D eigenvalue weighted by molar-refractivity contribution is -0.191. The highest BCUT2D eigenvalue weighted by atomic mass is 28.3. The van der Waals surface area contributed by atoms with E-state index in [4.69, 9.17) is 14.0 Å². The van der Waals surface area contributed by atoms with Crippen LogP contribution in [0.5, 0.6) is 0 Å². The summed E-state index contributed by atoms with van der Waals surface area (Å²) < 4.78 is 5.79. The molecule has 0 radical (unpaired) electrons. The minimum absolute atomic E-state index is 0.250. The fraction of sp³-hybridized carbons (Fsp3) is 0.333. The predicted molar refractivity (Wildman–Crippen MR) is 66.7 cm³/mol. The highest BCUT2D eigenvalue weighted by molar-refractivity contribution is 6.87. The number of hydrogen-bond acceptors (Lipinski definition) is 4. The predicted octanol–water partition coefficient (Wildman–Crippen LogP) is 2.10. The van der Waals surface area contributed by atoms with E-state index in [-0.39, 0.29) is 6.15 Å². The number of hydrogen-bond donors (Lipinski definition) is 0. The fourth-order valence-corrected chi connectivity index (χ4v) is 2.38. The summed E-state index contributed by atoms with van der Waals surface area (Å²) in [5.41, 5.74) is 2.94. The second-order valence-electron chi connectivity index (χ2n) is 4.78. The zero-order chi connectivity index (χ0) is 13.1. The Morgan fingerprint density at radius 2 is 1.82 bits per heavy atom. The average Bonchev–Trinajstić information content (AvgIpc) is 2.61. The molecule has 0 N–H and O–H groups in total. The van der Waals surface area contributed by atoms with Crippen LogP contribution >= 0.6 is 0 Å². The van der Waals surface area contributed by atoms with Crippen LogP contribution < -0.4 is 5.38 Å². The molecule has 2 heterocycles. The Morgan fingerprint density at radius 1 is 1.24 bits per heavy atom. The van der Waals surface area contributed by atoms with Crippen LogP contribution in [0.3, 0.4) is 0 Å². The summed E-state index contributed by atoms with van der Waals surface area (Å²) in [7, 11) is -1.34. The second kappa shape index (κ2) is 5.08. The van der Waals surface area contributed by atoms with Crippen LogP contribution in [-0.2, 0) is 9.59 Å². The molecule has 0 bridgehead atoms. The van der Waals surface area contributed by atoms with Crippen LogP contribution in [0.1, 0.15) is 5.69 Å². The van der Waals surface area contributed by atoms with E-state index in [1.807, 2.05) is 19.1 Å². The zero-order valence-electron chi connectivity index (χ0n) is 10.4. The zero-order valence-corrected chi connectivity index (χ0v) is 11.4. The quantitative estimate of drug-likeness (QED) is 0.726. The Balaban J connectivity index is 0.000000437. The molecule has 0 aliphatic heterocycles. The van der Waals surface area contributed by atoms with E-state index in [2.05, 4.69) is 30.7 Å². The van der Waals surface area contributed by atoms with Crippen molar-refractivity contribution in [3.63, 3.8) is 0 Å². The molecule has 0 fully saturated rings. The molecular formula is C12H15NO3Si. The van der Waals surface area contributed by atoms with Crippen LogP contribution in [0, 0.1) is 6.92 Å². The minimum Gasteiger partial charge on any atom is -0.465 e. The van der Waals surface area contributed by atoms with Crippen molar-refractivity contribution in [3.05, 3.63) is 23.9 Å². The second-order valence-corrected chi connectivity index (χ2v) is 9.77. The van der Waals surface area contributed by atoms with Gasteiger partial charge in [-0.25, -0.2) is 4.98 Å². The van der Waals surface area contributed by atoms with Gasteiger partial charge in [0.2, 0.25) is 0 Å². The van der Waals surface area contributed by atoms with Crippen molar-refractivity contribution in [2.24, 2.45) is 0 Å². The van der Waals surface area contributed by atoms with Gasteiger partial charge < -0.3 is 4.42 Å². The number of nitrogens with zero attached hydrogens (tertiary/aromatic N) is 1.